The Bertz CT molecular complexity index is 1540. The van der Waals surface area contributed by atoms with Gasteiger partial charge in [-0.3, -0.25) is 9.69 Å². The molecule has 0 bridgehead atoms. The zero-order valence-corrected chi connectivity index (χ0v) is 25.0. The lowest BCUT2D eigenvalue weighted by Crippen LogP contribution is -2.50. The first-order valence-corrected chi connectivity index (χ1v) is 14.0. The average Bonchev–Trinajstić information content (AvgIpc) is 2.94. The summed E-state index contributed by atoms with van der Waals surface area (Å²) in [6.45, 7) is 5.70. The molecule has 2 amide bonds. The Morgan fingerprint density at radius 1 is 1.02 bits per heavy atom. The van der Waals surface area contributed by atoms with E-state index in [0.717, 1.165) is 16.7 Å². The van der Waals surface area contributed by atoms with Crippen LogP contribution in [0, 0.1) is 0 Å². The van der Waals surface area contributed by atoms with Crippen LogP contribution in [0.25, 0.3) is 0 Å². The number of hydrogen-bond acceptors (Lipinski definition) is 7. The predicted molar refractivity (Wildman–Crippen MR) is 157 cm³/mol. The topological polar surface area (TPSA) is 103 Å². The zero-order chi connectivity index (χ0) is 30.2. The van der Waals surface area contributed by atoms with Gasteiger partial charge in [-0.25, -0.2) is 9.59 Å². The molecule has 2 aliphatic rings. The Morgan fingerprint density at radius 3 is 2.43 bits per heavy atom. The van der Waals surface area contributed by atoms with Crippen LogP contribution >= 0.6 is 23.2 Å². The molecule has 3 aromatic rings. The number of fused-ring (bicyclic) bond motifs is 2. The van der Waals surface area contributed by atoms with Crippen molar-refractivity contribution in [2.24, 2.45) is 0 Å². The SMILES string of the molecule is COC(=O)[C@@H]1Cc2cc3c(cc2CN1C(=O)OC(C)(C)C)OC(c1ccc(OCc2ccc(Cl)c(Cl)c2)cc1)C(=O)N3. The van der Waals surface area contributed by atoms with Gasteiger partial charge >= 0.3 is 12.1 Å². The fourth-order valence-electron chi connectivity index (χ4n) is 4.80. The van der Waals surface area contributed by atoms with Crippen molar-refractivity contribution in [1.29, 1.82) is 0 Å². The van der Waals surface area contributed by atoms with Crippen molar-refractivity contribution in [3.63, 3.8) is 0 Å². The zero-order valence-electron chi connectivity index (χ0n) is 23.5. The van der Waals surface area contributed by atoms with E-state index in [1.54, 1.807) is 69.3 Å². The highest BCUT2D eigenvalue weighted by Gasteiger charge is 2.39. The molecule has 1 N–H and O–H groups in total. The summed E-state index contributed by atoms with van der Waals surface area (Å²) < 4.78 is 22.5. The summed E-state index contributed by atoms with van der Waals surface area (Å²) in [6, 6.07) is 15.1. The quantitative estimate of drug-likeness (QED) is 0.329. The summed E-state index contributed by atoms with van der Waals surface area (Å²) >= 11 is 12.1. The van der Waals surface area contributed by atoms with Gasteiger partial charge in [-0.05, 0) is 73.9 Å². The first kappa shape index (κ1) is 29.5. The highest BCUT2D eigenvalue weighted by Crippen LogP contribution is 2.40. The van der Waals surface area contributed by atoms with Crippen LogP contribution in [-0.4, -0.2) is 41.6 Å². The van der Waals surface area contributed by atoms with E-state index in [1.165, 1.54) is 12.0 Å². The molecule has 42 heavy (non-hydrogen) atoms. The van der Waals surface area contributed by atoms with Crippen molar-refractivity contribution in [2.75, 3.05) is 12.4 Å². The first-order chi connectivity index (χ1) is 19.9. The van der Waals surface area contributed by atoms with Crippen molar-refractivity contribution in [3.8, 4) is 11.5 Å². The molecule has 220 valence electrons. The largest absolute Gasteiger partial charge is 0.489 e. The van der Waals surface area contributed by atoms with E-state index in [4.69, 9.17) is 42.1 Å². The lowest BCUT2D eigenvalue weighted by atomic mass is 9.92. The minimum absolute atomic E-state index is 0.115. The average molecular weight is 613 g/mol. The number of methoxy groups -OCH3 is 1. The summed E-state index contributed by atoms with van der Waals surface area (Å²) in [7, 11) is 1.28. The van der Waals surface area contributed by atoms with E-state index in [-0.39, 0.29) is 18.9 Å². The molecule has 1 unspecified atom stereocenters. The van der Waals surface area contributed by atoms with Gasteiger partial charge in [-0.1, -0.05) is 41.4 Å². The number of anilines is 1. The fraction of sp³-hybridized carbons (Fsp3) is 0.323. The third kappa shape index (κ3) is 6.42. The molecule has 0 saturated carbocycles. The molecule has 0 aromatic heterocycles. The van der Waals surface area contributed by atoms with Crippen LogP contribution in [0.15, 0.2) is 54.6 Å². The maximum absolute atomic E-state index is 13.0. The van der Waals surface area contributed by atoms with E-state index in [0.29, 0.717) is 39.4 Å². The second-order valence-electron chi connectivity index (χ2n) is 11.1. The number of ether oxygens (including phenoxy) is 4. The van der Waals surface area contributed by atoms with Crippen molar-refractivity contribution < 1.29 is 33.3 Å². The van der Waals surface area contributed by atoms with Gasteiger partial charge in [0.05, 0.1) is 29.4 Å². The number of amides is 2. The smallest absolute Gasteiger partial charge is 0.411 e. The molecular formula is C31H30Cl2N2O7. The molecule has 0 spiro atoms. The van der Waals surface area contributed by atoms with Crippen LogP contribution < -0.4 is 14.8 Å². The maximum Gasteiger partial charge on any atom is 0.411 e. The van der Waals surface area contributed by atoms with Crippen LogP contribution in [0.2, 0.25) is 10.0 Å². The van der Waals surface area contributed by atoms with Crippen molar-refractivity contribution in [1.82, 2.24) is 4.90 Å². The van der Waals surface area contributed by atoms with Crippen LogP contribution in [-0.2, 0) is 38.6 Å². The number of carbonyl (C=O) groups is 3. The van der Waals surface area contributed by atoms with E-state index in [1.807, 2.05) is 6.07 Å². The Labute approximate surface area is 253 Å². The number of hydrogen-bond donors (Lipinski definition) is 1. The van der Waals surface area contributed by atoms with Crippen LogP contribution in [0.4, 0.5) is 10.5 Å². The second kappa shape index (κ2) is 11.7. The van der Waals surface area contributed by atoms with Crippen LogP contribution in [0.3, 0.4) is 0 Å². The maximum atomic E-state index is 13.0. The first-order valence-electron chi connectivity index (χ1n) is 13.3. The predicted octanol–water partition coefficient (Wildman–Crippen LogP) is 6.48. The lowest BCUT2D eigenvalue weighted by Gasteiger charge is -2.37. The van der Waals surface area contributed by atoms with Gasteiger partial charge in [0.15, 0.2) is 0 Å². The number of carbonyl (C=O) groups excluding carboxylic acids is 3. The van der Waals surface area contributed by atoms with Gasteiger partial charge in [-0.15, -0.1) is 0 Å². The molecule has 2 atom stereocenters. The standard InChI is InChI=1S/C31H30Cl2N2O7/c1-31(2,3)42-30(38)35-15-20-14-26-24(12-19(20)13-25(35)29(37)39-4)34-28(36)27(41-26)18-6-8-21(9-7-18)40-16-17-5-10-22(32)23(33)11-17/h5-12,14,25,27H,13,15-16H2,1-4H3,(H,34,36)/t25-,27?/m0/s1. The van der Waals surface area contributed by atoms with Gasteiger partial charge in [0.25, 0.3) is 5.91 Å². The molecule has 2 heterocycles. The number of nitrogens with one attached hydrogen (secondary N) is 1. The number of benzene rings is 3. The molecule has 0 saturated heterocycles. The summed E-state index contributed by atoms with van der Waals surface area (Å²) in [5, 5.41) is 3.84. The van der Waals surface area contributed by atoms with E-state index in [9.17, 15) is 14.4 Å². The Balaban J connectivity index is 1.32. The Morgan fingerprint density at radius 2 is 1.76 bits per heavy atom. The number of halogens is 2. The molecule has 9 nitrogen and oxygen atoms in total. The number of rotatable bonds is 5. The molecular weight excluding hydrogens is 583 g/mol. The minimum atomic E-state index is -0.895. The molecule has 0 fully saturated rings. The third-order valence-electron chi connectivity index (χ3n) is 6.85. The minimum Gasteiger partial charge on any atom is -0.489 e. The Kier molecular flexibility index (Phi) is 8.25. The fourth-order valence-corrected chi connectivity index (χ4v) is 5.12. The molecule has 3 aromatic carbocycles. The van der Waals surface area contributed by atoms with Gasteiger partial charge in [0.2, 0.25) is 6.10 Å². The van der Waals surface area contributed by atoms with Crippen molar-refractivity contribution in [2.45, 2.75) is 58.1 Å². The van der Waals surface area contributed by atoms with Gasteiger partial charge < -0.3 is 24.3 Å². The molecule has 0 radical (unpaired) electrons. The van der Waals surface area contributed by atoms with Gasteiger partial charge in [0.1, 0.15) is 29.7 Å². The molecule has 11 heteroatoms. The summed E-state index contributed by atoms with van der Waals surface area (Å²) in [5.74, 6) is 0.188. The van der Waals surface area contributed by atoms with Crippen LogP contribution in [0.1, 0.15) is 49.1 Å². The van der Waals surface area contributed by atoms with E-state index >= 15 is 0 Å². The highest BCUT2D eigenvalue weighted by atomic mass is 35.5. The monoisotopic (exact) mass is 612 g/mol. The van der Waals surface area contributed by atoms with E-state index < -0.39 is 29.8 Å². The van der Waals surface area contributed by atoms with E-state index in [2.05, 4.69) is 5.32 Å². The Hall–Kier alpha value is -3.95. The number of esters is 1. The summed E-state index contributed by atoms with van der Waals surface area (Å²) in [4.78, 5) is 40.0. The van der Waals surface area contributed by atoms with Crippen LogP contribution in [0.5, 0.6) is 11.5 Å². The second-order valence-corrected chi connectivity index (χ2v) is 11.9. The number of nitrogens with zero attached hydrogens (tertiary/aromatic N) is 1. The summed E-state index contributed by atoms with van der Waals surface area (Å²) in [6.07, 6.45) is -1.31. The van der Waals surface area contributed by atoms with Gasteiger partial charge in [0, 0.05) is 12.0 Å². The summed E-state index contributed by atoms with van der Waals surface area (Å²) in [5.41, 5.74) is 2.84. The molecule has 2 aliphatic heterocycles. The molecule has 0 aliphatic carbocycles. The highest BCUT2D eigenvalue weighted by molar-refractivity contribution is 6.42. The van der Waals surface area contributed by atoms with Crippen molar-refractivity contribution in [3.05, 3.63) is 86.9 Å². The van der Waals surface area contributed by atoms with Crippen molar-refractivity contribution >= 4 is 46.9 Å². The lowest BCUT2D eigenvalue weighted by molar-refractivity contribution is -0.147. The van der Waals surface area contributed by atoms with Gasteiger partial charge in [-0.2, -0.15) is 0 Å². The molecule has 5 rings (SSSR count). The normalized spacial score (nSPS) is 17.8. The third-order valence-corrected chi connectivity index (χ3v) is 7.59.